The molecule has 0 aliphatic heterocycles. The van der Waals surface area contributed by atoms with Gasteiger partial charge in [-0.2, -0.15) is 5.26 Å². The number of aromatic nitrogens is 1. The van der Waals surface area contributed by atoms with Gasteiger partial charge in [0.05, 0.1) is 24.4 Å². The summed E-state index contributed by atoms with van der Waals surface area (Å²) in [5.41, 5.74) is 0.792. The number of nitriles is 1. The molecule has 0 aliphatic carbocycles. The topological polar surface area (TPSA) is 103 Å². The standard InChI is InChI=1S/C20H15F3N4O3S2/c1-11-18(19(28)26-32(2,29)30)25-20(31-11)27(14-5-3-12(9-24)4-6-14)10-13-7-15(21)17(23)16(22)8-13/h3-8H,10H2,1-2H3,(H,26,28). The molecular formula is C20H15F3N4O3S2. The summed E-state index contributed by atoms with van der Waals surface area (Å²) < 4.78 is 65.4. The summed E-state index contributed by atoms with van der Waals surface area (Å²) in [6.45, 7) is 1.41. The molecule has 0 bridgehead atoms. The molecule has 0 unspecified atom stereocenters. The molecule has 0 saturated carbocycles. The number of rotatable bonds is 6. The number of benzene rings is 2. The third kappa shape index (κ3) is 5.24. The Morgan fingerprint density at radius 1 is 1.19 bits per heavy atom. The number of carbonyl (C=O) groups is 1. The number of carbonyl (C=O) groups excluding carboxylic acids is 1. The summed E-state index contributed by atoms with van der Waals surface area (Å²) in [6, 6.07) is 9.83. The summed E-state index contributed by atoms with van der Waals surface area (Å²) in [4.78, 5) is 18.4. The van der Waals surface area contributed by atoms with Crippen molar-refractivity contribution in [1.29, 1.82) is 5.26 Å². The van der Waals surface area contributed by atoms with Gasteiger partial charge in [-0.25, -0.2) is 31.3 Å². The first-order valence-corrected chi connectivity index (χ1v) is 11.6. The number of halogens is 3. The molecule has 166 valence electrons. The van der Waals surface area contributed by atoms with E-state index in [9.17, 15) is 26.4 Å². The van der Waals surface area contributed by atoms with Gasteiger partial charge in [-0.3, -0.25) is 4.79 Å². The van der Waals surface area contributed by atoms with Crippen LogP contribution in [0.1, 0.15) is 26.5 Å². The van der Waals surface area contributed by atoms with E-state index in [1.165, 1.54) is 17.0 Å². The van der Waals surface area contributed by atoms with Gasteiger partial charge in [0.15, 0.2) is 22.6 Å². The van der Waals surface area contributed by atoms with E-state index in [1.807, 2.05) is 10.8 Å². The number of hydrogen-bond acceptors (Lipinski definition) is 7. The maximum Gasteiger partial charge on any atom is 0.284 e. The predicted octanol–water partition coefficient (Wildman–Crippen LogP) is 3.77. The van der Waals surface area contributed by atoms with Gasteiger partial charge in [-0.05, 0) is 48.9 Å². The van der Waals surface area contributed by atoms with Crippen LogP contribution in [0.5, 0.6) is 0 Å². The summed E-state index contributed by atoms with van der Waals surface area (Å²) in [5.74, 6) is -5.23. The average molecular weight is 480 g/mol. The summed E-state index contributed by atoms with van der Waals surface area (Å²) in [6.07, 6.45) is 0.828. The molecule has 0 saturated heterocycles. The molecule has 1 N–H and O–H groups in total. The smallest absolute Gasteiger partial charge is 0.284 e. The molecule has 3 aromatic rings. The Bertz CT molecular complexity index is 1310. The van der Waals surface area contributed by atoms with E-state index in [0.717, 1.165) is 29.7 Å². The molecule has 1 amide bonds. The Labute approximate surface area is 185 Å². The van der Waals surface area contributed by atoms with Crippen molar-refractivity contribution in [3.05, 3.63) is 75.5 Å². The Balaban J connectivity index is 2.06. The first-order valence-electron chi connectivity index (χ1n) is 8.89. The number of nitrogens with zero attached hydrogens (tertiary/aromatic N) is 3. The Hall–Kier alpha value is -3.43. The summed E-state index contributed by atoms with van der Waals surface area (Å²) >= 11 is 1.04. The lowest BCUT2D eigenvalue weighted by molar-refractivity contribution is 0.0977. The molecule has 1 heterocycles. The molecule has 1 aromatic heterocycles. The molecule has 0 radical (unpaired) electrons. The van der Waals surface area contributed by atoms with Crippen molar-refractivity contribution in [2.24, 2.45) is 0 Å². The molecule has 32 heavy (non-hydrogen) atoms. The van der Waals surface area contributed by atoms with E-state index in [0.29, 0.717) is 16.1 Å². The Kier molecular flexibility index (Phi) is 6.52. The van der Waals surface area contributed by atoms with Gasteiger partial charge < -0.3 is 4.90 Å². The Morgan fingerprint density at radius 3 is 2.31 bits per heavy atom. The zero-order valence-corrected chi connectivity index (χ0v) is 18.3. The van der Waals surface area contributed by atoms with Crippen LogP contribution >= 0.6 is 11.3 Å². The second-order valence-electron chi connectivity index (χ2n) is 6.72. The fourth-order valence-electron chi connectivity index (χ4n) is 2.79. The van der Waals surface area contributed by atoms with Gasteiger partial charge in [-0.15, -0.1) is 11.3 Å². The number of thiazole rings is 1. The fourth-order valence-corrected chi connectivity index (χ4v) is 4.15. The van der Waals surface area contributed by atoms with Crippen LogP contribution in [0.4, 0.5) is 24.0 Å². The van der Waals surface area contributed by atoms with E-state index >= 15 is 0 Å². The minimum atomic E-state index is -3.82. The highest BCUT2D eigenvalue weighted by molar-refractivity contribution is 7.89. The van der Waals surface area contributed by atoms with Crippen LogP contribution in [0.15, 0.2) is 36.4 Å². The molecule has 0 atom stereocenters. The zero-order chi connectivity index (χ0) is 23.6. The maximum absolute atomic E-state index is 13.7. The normalized spacial score (nSPS) is 11.1. The van der Waals surface area contributed by atoms with Crippen LogP contribution in [0.3, 0.4) is 0 Å². The number of sulfonamides is 1. The molecule has 0 spiro atoms. The largest absolute Gasteiger partial charge is 0.313 e. The molecule has 0 fully saturated rings. The lowest BCUT2D eigenvalue weighted by atomic mass is 10.1. The van der Waals surface area contributed by atoms with Gasteiger partial charge in [0.2, 0.25) is 10.0 Å². The first-order chi connectivity index (χ1) is 15.0. The van der Waals surface area contributed by atoms with Crippen LogP contribution in [-0.2, 0) is 16.6 Å². The number of nitrogens with one attached hydrogen (secondary N) is 1. The molecular weight excluding hydrogens is 465 g/mol. The Morgan fingerprint density at radius 2 is 1.78 bits per heavy atom. The number of amides is 1. The monoisotopic (exact) mass is 480 g/mol. The highest BCUT2D eigenvalue weighted by Gasteiger charge is 2.23. The SMILES string of the molecule is Cc1sc(N(Cc2cc(F)c(F)c(F)c2)c2ccc(C#N)cc2)nc1C(=O)NS(C)(=O)=O. The van der Waals surface area contributed by atoms with E-state index in [1.54, 1.807) is 19.1 Å². The third-order valence-corrected chi connectivity index (χ3v) is 5.75. The van der Waals surface area contributed by atoms with Crippen molar-refractivity contribution in [2.75, 3.05) is 11.2 Å². The highest BCUT2D eigenvalue weighted by atomic mass is 32.2. The minimum absolute atomic E-state index is 0.0840. The van der Waals surface area contributed by atoms with E-state index in [-0.39, 0.29) is 22.9 Å². The molecule has 7 nitrogen and oxygen atoms in total. The second kappa shape index (κ2) is 8.97. The van der Waals surface area contributed by atoms with Crippen molar-refractivity contribution in [2.45, 2.75) is 13.5 Å². The maximum atomic E-state index is 13.7. The quantitative estimate of drug-likeness (QED) is 0.539. The van der Waals surface area contributed by atoms with Gasteiger partial charge >= 0.3 is 0 Å². The highest BCUT2D eigenvalue weighted by Crippen LogP contribution is 2.33. The lowest BCUT2D eigenvalue weighted by Crippen LogP contribution is -2.30. The van der Waals surface area contributed by atoms with Crippen molar-refractivity contribution in [1.82, 2.24) is 9.71 Å². The van der Waals surface area contributed by atoms with Crippen molar-refractivity contribution in [3.63, 3.8) is 0 Å². The van der Waals surface area contributed by atoms with Crippen molar-refractivity contribution < 1.29 is 26.4 Å². The lowest BCUT2D eigenvalue weighted by Gasteiger charge is -2.22. The first kappa shape index (κ1) is 23.2. The summed E-state index contributed by atoms with van der Waals surface area (Å²) in [5, 5.41) is 9.23. The van der Waals surface area contributed by atoms with Crippen LogP contribution in [0, 0.1) is 35.7 Å². The average Bonchev–Trinajstić information content (AvgIpc) is 3.10. The third-order valence-electron chi connectivity index (χ3n) is 4.20. The molecule has 3 rings (SSSR count). The fraction of sp³-hybridized carbons (Fsp3) is 0.150. The summed E-state index contributed by atoms with van der Waals surface area (Å²) in [7, 11) is -3.82. The number of anilines is 2. The van der Waals surface area contributed by atoms with Gasteiger partial charge in [0.1, 0.15) is 5.69 Å². The minimum Gasteiger partial charge on any atom is -0.313 e. The van der Waals surface area contributed by atoms with Crippen LogP contribution in [-0.4, -0.2) is 25.6 Å². The van der Waals surface area contributed by atoms with Gasteiger partial charge in [0.25, 0.3) is 5.91 Å². The zero-order valence-electron chi connectivity index (χ0n) is 16.7. The van der Waals surface area contributed by atoms with Crippen LogP contribution in [0.2, 0.25) is 0 Å². The molecule has 0 aliphatic rings. The van der Waals surface area contributed by atoms with E-state index in [4.69, 9.17) is 5.26 Å². The van der Waals surface area contributed by atoms with E-state index in [2.05, 4.69) is 4.98 Å². The van der Waals surface area contributed by atoms with Gasteiger partial charge in [-0.1, -0.05) is 0 Å². The number of aryl methyl sites for hydroxylation is 1. The molecule has 2 aromatic carbocycles. The predicted molar refractivity (Wildman–Crippen MR) is 112 cm³/mol. The van der Waals surface area contributed by atoms with Crippen molar-refractivity contribution in [3.8, 4) is 6.07 Å². The molecule has 12 heteroatoms. The van der Waals surface area contributed by atoms with Crippen LogP contribution < -0.4 is 9.62 Å². The second-order valence-corrected chi connectivity index (χ2v) is 9.65. The number of hydrogen-bond donors (Lipinski definition) is 1. The van der Waals surface area contributed by atoms with Crippen molar-refractivity contribution >= 4 is 38.1 Å². The van der Waals surface area contributed by atoms with Gasteiger partial charge in [0, 0.05) is 10.6 Å². The van der Waals surface area contributed by atoms with Crippen LogP contribution in [0.25, 0.3) is 0 Å². The van der Waals surface area contributed by atoms with E-state index < -0.39 is 33.4 Å².